The van der Waals surface area contributed by atoms with Crippen molar-refractivity contribution in [3.8, 4) is 5.75 Å². The standard InChI is InChI=1S/C26H21F2NO3/c1-16-22-13-18(12-19-14-20(27)9-11-23(19)28)8-10-21(22)25(24(29-16)26(30)31-2)32-15-17-6-4-3-5-7-17/h3-11,13-14H,12,15H2,1-2H3. The van der Waals surface area contributed by atoms with Crippen LogP contribution in [0.25, 0.3) is 10.8 Å². The van der Waals surface area contributed by atoms with Crippen molar-refractivity contribution in [1.82, 2.24) is 4.98 Å². The summed E-state index contributed by atoms with van der Waals surface area (Å²) in [5.41, 5.74) is 2.69. The van der Waals surface area contributed by atoms with Crippen molar-refractivity contribution in [2.75, 3.05) is 7.11 Å². The van der Waals surface area contributed by atoms with Crippen molar-refractivity contribution in [1.29, 1.82) is 0 Å². The summed E-state index contributed by atoms with van der Waals surface area (Å²) in [5.74, 6) is -1.22. The average molecular weight is 433 g/mol. The molecule has 0 aliphatic heterocycles. The van der Waals surface area contributed by atoms with Crippen molar-refractivity contribution in [2.24, 2.45) is 0 Å². The van der Waals surface area contributed by atoms with Crippen LogP contribution in [0, 0.1) is 18.6 Å². The van der Waals surface area contributed by atoms with Gasteiger partial charge in [0.15, 0.2) is 11.4 Å². The van der Waals surface area contributed by atoms with E-state index < -0.39 is 17.6 Å². The Kier molecular flexibility index (Phi) is 6.12. The van der Waals surface area contributed by atoms with E-state index in [-0.39, 0.29) is 24.3 Å². The number of aryl methyl sites for hydroxylation is 1. The second-order valence-electron chi connectivity index (χ2n) is 7.43. The molecule has 0 unspecified atom stereocenters. The van der Waals surface area contributed by atoms with E-state index in [0.29, 0.717) is 16.8 Å². The maximum atomic E-state index is 14.1. The van der Waals surface area contributed by atoms with Crippen LogP contribution in [0.2, 0.25) is 0 Å². The van der Waals surface area contributed by atoms with Gasteiger partial charge >= 0.3 is 5.97 Å². The summed E-state index contributed by atoms with van der Waals surface area (Å²) < 4.78 is 38.6. The fourth-order valence-electron chi connectivity index (χ4n) is 3.61. The van der Waals surface area contributed by atoms with Crippen LogP contribution in [-0.2, 0) is 17.8 Å². The smallest absolute Gasteiger partial charge is 0.360 e. The predicted octanol–water partition coefficient (Wildman–Crippen LogP) is 5.78. The molecule has 4 rings (SSSR count). The second kappa shape index (κ2) is 9.14. The van der Waals surface area contributed by atoms with E-state index >= 15 is 0 Å². The molecule has 32 heavy (non-hydrogen) atoms. The summed E-state index contributed by atoms with van der Waals surface area (Å²) >= 11 is 0. The normalized spacial score (nSPS) is 10.9. The number of rotatable bonds is 6. The fraction of sp³-hybridized carbons (Fsp3) is 0.154. The number of hydrogen-bond acceptors (Lipinski definition) is 4. The van der Waals surface area contributed by atoms with Crippen LogP contribution in [0.15, 0.2) is 66.7 Å². The third kappa shape index (κ3) is 4.44. The van der Waals surface area contributed by atoms with Crippen LogP contribution >= 0.6 is 0 Å². The van der Waals surface area contributed by atoms with Gasteiger partial charge in [-0.15, -0.1) is 0 Å². The maximum absolute atomic E-state index is 14.1. The van der Waals surface area contributed by atoms with Gasteiger partial charge in [-0.3, -0.25) is 0 Å². The van der Waals surface area contributed by atoms with Crippen molar-refractivity contribution >= 4 is 16.7 Å². The molecule has 1 heterocycles. The highest BCUT2D eigenvalue weighted by Gasteiger charge is 2.21. The first-order chi connectivity index (χ1) is 15.5. The van der Waals surface area contributed by atoms with E-state index in [1.165, 1.54) is 13.2 Å². The highest BCUT2D eigenvalue weighted by molar-refractivity contribution is 6.00. The molecule has 6 heteroatoms. The van der Waals surface area contributed by atoms with Gasteiger partial charge in [0, 0.05) is 22.9 Å². The lowest BCUT2D eigenvalue weighted by molar-refractivity contribution is 0.0588. The number of ether oxygens (including phenoxy) is 2. The number of fused-ring (bicyclic) bond motifs is 1. The number of nitrogens with zero attached hydrogens (tertiary/aromatic N) is 1. The summed E-state index contributed by atoms with van der Waals surface area (Å²) in [6.07, 6.45) is 0.220. The molecule has 0 radical (unpaired) electrons. The van der Waals surface area contributed by atoms with E-state index in [0.717, 1.165) is 28.6 Å². The molecule has 0 saturated heterocycles. The molecule has 162 valence electrons. The van der Waals surface area contributed by atoms with Crippen LogP contribution in [0.5, 0.6) is 5.75 Å². The molecular weight excluding hydrogens is 412 g/mol. The molecule has 0 saturated carbocycles. The van der Waals surface area contributed by atoms with Gasteiger partial charge in [0.2, 0.25) is 0 Å². The number of methoxy groups -OCH3 is 1. The van der Waals surface area contributed by atoms with Crippen molar-refractivity contribution < 1.29 is 23.0 Å². The lowest BCUT2D eigenvalue weighted by Crippen LogP contribution is -2.10. The van der Waals surface area contributed by atoms with Gasteiger partial charge in [-0.25, -0.2) is 18.6 Å². The van der Waals surface area contributed by atoms with Gasteiger partial charge < -0.3 is 9.47 Å². The van der Waals surface area contributed by atoms with Gasteiger partial charge in [0.05, 0.1) is 7.11 Å². The molecule has 3 aromatic carbocycles. The SMILES string of the molecule is COC(=O)c1nc(C)c2cc(Cc3cc(F)ccc3F)ccc2c1OCc1ccccc1. The van der Waals surface area contributed by atoms with E-state index in [9.17, 15) is 13.6 Å². The first kappa shape index (κ1) is 21.4. The molecule has 0 atom stereocenters. The molecule has 4 nitrogen and oxygen atoms in total. The Morgan fingerprint density at radius 2 is 1.72 bits per heavy atom. The van der Waals surface area contributed by atoms with Crippen molar-refractivity contribution in [3.63, 3.8) is 0 Å². The molecule has 1 aromatic heterocycles. The number of benzene rings is 3. The molecule has 0 N–H and O–H groups in total. The zero-order valence-corrected chi connectivity index (χ0v) is 17.7. The lowest BCUT2D eigenvalue weighted by Gasteiger charge is -2.15. The Hall–Kier alpha value is -3.80. The Labute approximate surface area is 184 Å². The Bertz CT molecular complexity index is 1290. The predicted molar refractivity (Wildman–Crippen MR) is 118 cm³/mol. The Balaban J connectivity index is 1.76. The van der Waals surface area contributed by atoms with Crippen molar-refractivity contribution in [3.05, 3.63) is 106 Å². The van der Waals surface area contributed by atoms with E-state index in [4.69, 9.17) is 9.47 Å². The third-order valence-corrected chi connectivity index (χ3v) is 5.22. The summed E-state index contributed by atoms with van der Waals surface area (Å²) in [7, 11) is 1.29. The first-order valence-corrected chi connectivity index (χ1v) is 10.1. The molecule has 0 bridgehead atoms. The van der Waals surface area contributed by atoms with Gasteiger partial charge in [0.25, 0.3) is 0 Å². The van der Waals surface area contributed by atoms with Gasteiger partial charge in [-0.05, 0) is 47.9 Å². The van der Waals surface area contributed by atoms with Gasteiger partial charge in [0.1, 0.15) is 18.2 Å². The van der Waals surface area contributed by atoms with Crippen molar-refractivity contribution in [2.45, 2.75) is 20.0 Å². The highest BCUT2D eigenvalue weighted by Crippen LogP contribution is 2.33. The van der Waals surface area contributed by atoms with Crippen LogP contribution in [-0.4, -0.2) is 18.1 Å². The van der Waals surface area contributed by atoms with Crippen LogP contribution in [0.3, 0.4) is 0 Å². The zero-order valence-electron chi connectivity index (χ0n) is 17.7. The Morgan fingerprint density at radius 1 is 0.938 bits per heavy atom. The van der Waals surface area contributed by atoms with Crippen LogP contribution in [0.1, 0.15) is 32.9 Å². The van der Waals surface area contributed by atoms with Gasteiger partial charge in [-0.1, -0.05) is 42.5 Å². The first-order valence-electron chi connectivity index (χ1n) is 10.1. The highest BCUT2D eigenvalue weighted by atomic mass is 19.1. The van der Waals surface area contributed by atoms with Crippen LogP contribution in [0.4, 0.5) is 8.78 Å². The minimum atomic E-state index is -0.594. The molecule has 4 aromatic rings. The molecule has 0 spiro atoms. The number of carbonyl (C=O) groups excluding carboxylic acids is 1. The third-order valence-electron chi connectivity index (χ3n) is 5.22. The number of halogens is 2. The largest absolute Gasteiger partial charge is 0.486 e. The summed E-state index contributed by atoms with van der Waals surface area (Å²) in [4.78, 5) is 16.8. The Morgan fingerprint density at radius 3 is 2.47 bits per heavy atom. The monoisotopic (exact) mass is 433 g/mol. The molecule has 0 amide bonds. The number of esters is 1. The van der Waals surface area contributed by atoms with Crippen LogP contribution < -0.4 is 4.74 Å². The maximum Gasteiger partial charge on any atom is 0.360 e. The quantitative estimate of drug-likeness (QED) is 0.362. The molecule has 0 aliphatic rings. The minimum absolute atomic E-state index is 0.0948. The number of aromatic nitrogens is 1. The minimum Gasteiger partial charge on any atom is -0.486 e. The number of pyridine rings is 1. The van der Waals surface area contributed by atoms with E-state index in [1.54, 1.807) is 6.92 Å². The molecule has 0 aliphatic carbocycles. The average Bonchev–Trinajstić information content (AvgIpc) is 2.81. The lowest BCUT2D eigenvalue weighted by atomic mass is 9.99. The molecular formula is C26H21F2NO3. The van der Waals surface area contributed by atoms with E-state index in [2.05, 4.69) is 4.98 Å². The summed E-state index contributed by atoms with van der Waals surface area (Å²) in [6, 6.07) is 18.5. The number of hydrogen-bond donors (Lipinski definition) is 0. The molecule has 0 fully saturated rings. The van der Waals surface area contributed by atoms with Gasteiger partial charge in [-0.2, -0.15) is 0 Å². The zero-order chi connectivity index (χ0) is 22.7. The summed E-state index contributed by atoms with van der Waals surface area (Å²) in [5, 5.41) is 1.45. The summed E-state index contributed by atoms with van der Waals surface area (Å²) in [6.45, 7) is 2.03. The number of carbonyl (C=O) groups is 1. The van der Waals surface area contributed by atoms with E-state index in [1.807, 2.05) is 48.5 Å². The topological polar surface area (TPSA) is 48.4 Å². The second-order valence-corrected chi connectivity index (χ2v) is 7.43. The fourth-order valence-corrected chi connectivity index (χ4v) is 3.61.